The second kappa shape index (κ2) is 7.61. The second-order valence-corrected chi connectivity index (χ2v) is 6.78. The molecule has 3 heterocycles. The van der Waals surface area contributed by atoms with E-state index in [0.29, 0.717) is 11.3 Å². The van der Waals surface area contributed by atoms with Crippen molar-refractivity contribution in [2.75, 3.05) is 11.9 Å². The van der Waals surface area contributed by atoms with Gasteiger partial charge in [0, 0.05) is 36.1 Å². The van der Waals surface area contributed by atoms with Gasteiger partial charge in [0.2, 0.25) is 0 Å². The first-order valence-electron chi connectivity index (χ1n) is 9.22. The van der Waals surface area contributed by atoms with Crippen molar-refractivity contribution in [3.63, 3.8) is 0 Å². The third kappa shape index (κ3) is 3.84. The first-order valence-corrected chi connectivity index (χ1v) is 9.22. The average molecular weight is 363 g/mol. The highest BCUT2D eigenvalue weighted by molar-refractivity contribution is 5.92. The van der Waals surface area contributed by atoms with E-state index in [1.165, 1.54) is 6.07 Å². The number of fused-ring (bicyclic) bond motifs is 1. The molecule has 3 aromatic rings. The zero-order chi connectivity index (χ0) is 18.6. The van der Waals surface area contributed by atoms with E-state index >= 15 is 0 Å². The Labute approximate surface area is 156 Å². The van der Waals surface area contributed by atoms with Crippen LogP contribution in [0.15, 0.2) is 64.1 Å². The van der Waals surface area contributed by atoms with E-state index in [0.717, 1.165) is 43.2 Å². The van der Waals surface area contributed by atoms with Crippen molar-refractivity contribution in [1.29, 1.82) is 0 Å². The Morgan fingerprint density at radius 1 is 1.07 bits per heavy atom. The Balaban J connectivity index is 1.58. The van der Waals surface area contributed by atoms with E-state index in [-0.39, 0.29) is 17.7 Å². The molecular formula is C21H21N3O3. The molecular weight excluding hydrogens is 342 g/mol. The smallest absolute Gasteiger partial charge is 0.336 e. The van der Waals surface area contributed by atoms with Gasteiger partial charge >= 0.3 is 11.7 Å². The number of pyridine rings is 1. The SMILES string of the molecule is O=C(Nc1ccc2oc(=O)ccc2c1)N1CCCCCC1c1ccncc1. The lowest BCUT2D eigenvalue weighted by atomic mass is 10.0. The summed E-state index contributed by atoms with van der Waals surface area (Å²) >= 11 is 0. The predicted molar refractivity (Wildman–Crippen MR) is 104 cm³/mol. The van der Waals surface area contributed by atoms with Crippen molar-refractivity contribution in [3.8, 4) is 0 Å². The Kier molecular flexibility index (Phi) is 4.87. The Morgan fingerprint density at radius 2 is 1.93 bits per heavy atom. The molecule has 0 spiro atoms. The van der Waals surface area contributed by atoms with Gasteiger partial charge in [-0.2, -0.15) is 0 Å². The third-order valence-electron chi connectivity index (χ3n) is 4.98. The molecule has 1 atom stereocenters. The van der Waals surface area contributed by atoms with E-state index in [4.69, 9.17) is 4.42 Å². The van der Waals surface area contributed by atoms with Crippen molar-refractivity contribution in [2.45, 2.75) is 31.7 Å². The summed E-state index contributed by atoms with van der Waals surface area (Å²) in [5.41, 5.74) is 1.91. The van der Waals surface area contributed by atoms with Crippen molar-refractivity contribution in [1.82, 2.24) is 9.88 Å². The summed E-state index contributed by atoms with van der Waals surface area (Å²) in [5, 5.41) is 3.77. The van der Waals surface area contributed by atoms with Gasteiger partial charge in [-0.1, -0.05) is 12.8 Å². The highest BCUT2D eigenvalue weighted by Crippen LogP contribution is 2.30. The lowest BCUT2D eigenvalue weighted by molar-refractivity contribution is 0.189. The van der Waals surface area contributed by atoms with Crippen molar-refractivity contribution < 1.29 is 9.21 Å². The minimum absolute atomic E-state index is 0.0500. The Morgan fingerprint density at radius 3 is 2.78 bits per heavy atom. The number of benzene rings is 1. The van der Waals surface area contributed by atoms with E-state index in [1.54, 1.807) is 30.6 Å². The van der Waals surface area contributed by atoms with Crippen LogP contribution in [-0.4, -0.2) is 22.5 Å². The fourth-order valence-electron chi connectivity index (χ4n) is 3.63. The van der Waals surface area contributed by atoms with Crippen LogP contribution < -0.4 is 10.9 Å². The fraction of sp³-hybridized carbons (Fsp3) is 0.286. The van der Waals surface area contributed by atoms with E-state index in [9.17, 15) is 9.59 Å². The normalized spacial score (nSPS) is 17.5. The van der Waals surface area contributed by atoms with Crippen LogP contribution >= 0.6 is 0 Å². The van der Waals surface area contributed by atoms with Gasteiger partial charge in [-0.15, -0.1) is 0 Å². The van der Waals surface area contributed by atoms with E-state index < -0.39 is 0 Å². The van der Waals surface area contributed by atoms with Gasteiger partial charge in [-0.05, 0) is 54.8 Å². The molecule has 1 aromatic carbocycles. The summed E-state index contributed by atoms with van der Waals surface area (Å²) in [7, 11) is 0. The summed E-state index contributed by atoms with van der Waals surface area (Å²) in [6.07, 6.45) is 7.71. The molecule has 0 radical (unpaired) electrons. The van der Waals surface area contributed by atoms with E-state index in [2.05, 4.69) is 10.3 Å². The molecule has 0 saturated carbocycles. The number of likely N-dealkylation sites (tertiary alicyclic amines) is 1. The van der Waals surface area contributed by atoms with Crippen LogP contribution in [0.25, 0.3) is 11.0 Å². The van der Waals surface area contributed by atoms with Gasteiger partial charge in [-0.3, -0.25) is 4.98 Å². The number of rotatable bonds is 2. The zero-order valence-electron chi connectivity index (χ0n) is 14.9. The third-order valence-corrected chi connectivity index (χ3v) is 4.98. The molecule has 1 fully saturated rings. The standard InChI is InChI=1S/C21H21N3O3/c25-20-8-5-16-14-17(6-7-19(16)27-20)23-21(26)24-13-3-1-2-4-18(24)15-9-11-22-12-10-15/h5-12,14,18H,1-4,13H2,(H,23,26). The molecule has 6 heteroatoms. The van der Waals surface area contributed by atoms with Gasteiger partial charge < -0.3 is 14.6 Å². The number of nitrogens with zero attached hydrogens (tertiary/aromatic N) is 2. The van der Waals surface area contributed by atoms with Gasteiger partial charge in [-0.25, -0.2) is 9.59 Å². The number of urea groups is 1. The van der Waals surface area contributed by atoms with Crippen molar-refractivity contribution in [3.05, 3.63) is 70.8 Å². The molecule has 27 heavy (non-hydrogen) atoms. The molecule has 0 bridgehead atoms. The number of anilines is 1. The number of hydrogen-bond donors (Lipinski definition) is 1. The lowest BCUT2D eigenvalue weighted by Gasteiger charge is -2.30. The molecule has 1 saturated heterocycles. The van der Waals surface area contributed by atoms with E-state index in [1.807, 2.05) is 23.1 Å². The lowest BCUT2D eigenvalue weighted by Crippen LogP contribution is -2.38. The van der Waals surface area contributed by atoms with Gasteiger partial charge in [0.05, 0.1) is 6.04 Å². The largest absolute Gasteiger partial charge is 0.423 e. The molecule has 2 aromatic heterocycles. The van der Waals surface area contributed by atoms with Gasteiger partial charge in [0.15, 0.2) is 0 Å². The first-order chi connectivity index (χ1) is 13.2. The number of nitrogens with one attached hydrogen (secondary N) is 1. The van der Waals surface area contributed by atoms with Gasteiger partial charge in [0.1, 0.15) is 5.58 Å². The number of carbonyl (C=O) groups excluding carboxylic acids is 1. The van der Waals surface area contributed by atoms with Crippen LogP contribution in [0.5, 0.6) is 0 Å². The summed E-state index contributed by atoms with van der Waals surface area (Å²) < 4.78 is 5.14. The molecule has 1 N–H and O–H groups in total. The molecule has 6 nitrogen and oxygen atoms in total. The maximum atomic E-state index is 13.0. The van der Waals surface area contributed by atoms with Crippen LogP contribution in [-0.2, 0) is 0 Å². The fourth-order valence-corrected chi connectivity index (χ4v) is 3.63. The van der Waals surface area contributed by atoms with Crippen LogP contribution in [0, 0.1) is 0 Å². The number of aromatic nitrogens is 1. The maximum absolute atomic E-state index is 13.0. The van der Waals surface area contributed by atoms with Crippen LogP contribution in [0.3, 0.4) is 0 Å². The summed E-state index contributed by atoms with van der Waals surface area (Å²) in [5.74, 6) is 0. The highest BCUT2D eigenvalue weighted by Gasteiger charge is 2.26. The van der Waals surface area contributed by atoms with Crippen LogP contribution in [0.2, 0.25) is 0 Å². The van der Waals surface area contributed by atoms with Crippen LogP contribution in [0.1, 0.15) is 37.3 Å². The maximum Gasteiger partial charge on any atom is 0.336 e. The predicted octanol–water partition coefficient (Wildman–Crippen LogP) is 4.34. The minimum Gasteiger partial charge on any atom is -0.423 e. The number of hydrogen-bond acceptors (Lipinski definition) is 4. The summed E-state index contributed by atoms with van der Waals surface area (Å²) in [4.78, 5) is 30.3. The second-order valence-electron chi connectivity index (χ2n) is 6.78. The molecule has 138 valence electrons. The highest BCUT2D eigenvalue weighted by atomic mass is 16.4. The monoisotopic (exact) mass is 363 g/mol. The molecule has 2 amide bonds. The van der Waals surface area contributed by atoms with Crippen molar-refractivity contribution >= 4 is 22.7 Å². The quantitative estimate of drug-likeness (QED) is 0.687. The molecule has 0 aliphatic carbocycles. The molecule has 4 rings (SSSR count). The Bertz CT molecular complexity index is 1000. The molecule has 1 unspecified atom stereocenters. The van der Waals surface area contributed by atoms with Crippen LogP contribution in [0.4, 0.5) is 10.5 Å². The molecule has 1 aliphatic heterocycles. The average Bonchev–Trinajstić information content (AvgIpc) is 2.95. The minimum atomic E-state index is -0.385. The first kappa shape index (κ1) is 17.3. The van der Waals surface area contributed by atoms with Crippen molar-refractivity contribution in [2.24, 2.45) is 0 Å². The Hall–Kier alpha value is -3.15. The molecule has 1 aliphatic rings. The number of carbonyl (C=O) groups is 1. The summed E-state index contributed by atoms with van der Waals surface area (Å²) in [6, 6.07) is 12.2. The topological polar surface area (TPSA) is 75.4 Å². The zero-order valence-corrected chi connectivity index (χ0v) is 14.9. The van der Waals surface area contributed by atoms with Gasteiger partial charge in [0.25, 0.3) is 0 Å². The summed E-state index contributed by atoms with van der Waals surface area (Å²) in [6.45, 7) is 0.723. The number of amides is 2.